The predicted molar refractivity (Wildman–Crippen MR) is 106 cm³/mol. The van der Waals surface area contributed by atoms with Crippen LogP contribution in [0, 0.1) is 5.41 Å². The van der Waals surface area contributed by atoms with Crippen LogP contribution in [0.2, 0.25) is 0 Å². The Hall–Kier alpha value is -2.44. The maximum absolute atomic E-state index is 10.4. The molecule has 0 spiro atoms. The van der Waals surface area contributed by atoms with Gasteiger partial charge in [-0.1, -0.05) is 46.3 Å². The van der Waals surface area contributed by atoms with Crippen LogP contribution in [0.15, 0.2) is 70.2 Å². The third-order valence-corrected chi connectivity index (χ3v) is 5.42. The minimum absolute atomic E-state index is 0.182. The third-order valence-electron chi connectivity index (χ3n) is 4.03. The van der Waals surface area contributed by atoms with Gasteiger partial charge in [0, 0.05) is 21.1 Å². The van der Waals surface area contributed by atoms with Crippen molar-refractivity contribution >= 4 is 44.4 Å². The van der Waals surface area contributed by atoms with E-state index >= 15 is 0 Å². The largest absolute Gasteiger partial charge is 0.510 e. The lowest BCUT2D eigenvalue weighted by Crippen LogP contribution is -2.25. The second-order valence-electron chi connectivity index (χ2n) is 5.64. The maximum atomic E-state index is 10.4. The van der Waals surface area contributed by atoms with E-state index in [4.69, 9.17) is 5.41 Å². The van der Waals surface area contributed by atoms with Gasteiger partial charge in [0.2, 0.25) is 0 Å². The van der Waals surface area contributed by atoms with Gasteiger partial charge in [-0.2, -0.15) is 0 Å². The molecule has 0 amide bonds. The molecule has 1 aliphatic rings. The lowest BCUT2D eigenvalue weighted by molar-refractivity contribution is 0.411. The molecule has 0 saturated heterocycles. The molecule has 124 valence electrons. The number of aliphatic hydroxyl groups is 1. The summed E-state index contributed by atoms with van der Waals surface area (Å²) in [4.78, 5) is 6.41. The molecule has 2 N–H and O–H groups in total. The van der Waals surface area contributed by atoms with E-state index in [9.17, 15) is 5.11 Å². The molecule has 0 aliphatic carbocycles. The summed E-state index contributed by atoms with van der Waals surface area (Å²) in [5.41, 5.74) is 3.26. The first-order valence-electron chi connectivity index (χ1n) is 7.69. The van der Waals surface area contributed by atoms with Crippen molar-refractivity contribution in [1.82, 2.24) is 4.98 Å². The average Bonchev–Trinajstić information content (AvgIpc) is 3.21. The van der Waals surface area contributed by atoms with E-state index in [1.165, 1.54) is 11.3 Å². The van der Waals surface area contributed by atoms with Crippen LogP contribution in [0.4, 0.5) is 5.69 Å². The van der Waals surface area contributed by atoms with Gasteiger partial charge in [0.15, 0.2) is 0 Å². The van der Waals surface area contributed by atoms with Crippen LogP contribution in [-0.4, -0.2) is 22.5 Å². The molecular weight excluding hydrogens is 398 g/mol. The monoisotopic (exact) mass is 411 g/mol. The number of amidine groups is 1. The molecule has 2 aromatic carbocycles. The molecule has 1 aliphatic heterocycles. The zero-order chi connectivity index (χ0) is 17.4. The SMILES string of the molecule is N=C1C(c2nc(-c3ccccc3)cs2)=C(O)CN1c1ccc(Br)cc1. The maximum Gasteiger partial charge on any atom is 0.139 e. The van der Waals surface area contributed by atoms with Gasteiger partial charge in [0.1, 0.15) is 16.6 Å². The van der Waals surface area contributed by atoms with E-state index in [1.54, 1.807) is 4.90 Å². The number of thiazole rings is 1. The molecule has 25 heavy (non-hydrogen) atoms. The number of aromatic nitrogens is 1. The van der Waals surface area contributed by atoms with Gasteiger partial charge in [-0.25, -0.2) is 4.98 Å². The number of nitrogens with one attached hydrogen (secondary N) is 1. The van der Waals surface area contributed by atoms with E-state index in [0.717, 1.165) is 21.4 Å². The molecule has 1 aromatic heterocycles. The summed E-state index contributed by atoms with van der Waals surface area (Å²) in [6.07, 6.45) is 0. The summed E-state index contributed by atoms with van der Waals surface area (Å²) >= 11 is 4.86. The van der Waals surface area contributed by atoms with Crippen LogP contribution in [0.3, 0.4) is 0 Å². The minimum atomic E-state index is 0.182. The third kappa shape index (κ3) is 2.99. The van der Waals surface area contributed by atoms with Gasteiger partial charge in [-0.05, 0) is 24.3 Å². The number of nitrogens with zero attached hydrogens (tertiary/aromatic N) is 2. The second-order valence-corrected chi connectivity index (χ2v) is 7.41. The number of halogens is 1. The second kappa shape index (κ2) is 6.46. The van der Waals surface area contributed by atoms with Crippen LogP contribution >= 0.6 is 27.3 Å². The number of benzene rings is 2. The lowest BCUT2D eigenvalue weighted by Gasteiger charge is -2.18. The first-order valence-corrected chi connectivity index (χ1v) is 9.36. The van der Waals surface area contributed by atoms with E-state index in [-0.39, 0.29) is 18.1 Å². The van der Waals surface area contributed by atoms with Crippen molar-refractivity contribution in [2.75, 3.05) is 11.4 Å². The molecule has 0 atom stereocenters. The fourth-order valence-corrected chi connectivity index (χ4v) is 3.94. The zero-order valence-electron chi connectivity index (χ0n) is 13.1. The molecule has 0 saturated carbocycles. The Morgan fingerprint density at radius 1 is 1.08 bits per heavy atom. The van der Waals surface area contributed by atoms with E-state index < -0.39 is 0 Å². The van der Waals surface area contributed by atoms with Crippen LogP contribution in [0.1, 0.15) is 5.01 Å². The van der Waals surface area contributed by atoms with Gasteiger partial charge in [0.05, 0.1) is 17.8 Å². The Morgan fingerprint density at radius 2 is 1.80 bits per heavy atom. The lowest BCUT2D eigenvalue weighted by atomic mass is 10.2. The van der Waals surface area contributed by atoms with Crippen molar-refractivity contribution in [3.05, 3.63) is 75.2 Å². The summed E-state index contributed by atoms with van der Waals surface area (Å²) < 4.78 is 0.979. The minimum Gasteiger partial charge on any atom is -0.510 e. The zero-order valence-corrected chi connectivity index (χ0v) is 15.5. The fourth-order valence-electron chi connectivity index (χ4n) is 2.78. The Morgan fingerprint density at radius 3 is 2.52 bits per heavy atom. The standard InChI is InChI=1S/C19H14BrN3OS/c20-13-6-8-14(9-7-13)23-10-16(24)17(18(23)21)19-22-15(11-25-19)12-4-2-1-3-5-12/h1-9,11,21,24H,10H2. The molecule has 0 bridgehead atoms. The van der Waals surface area contributed by atoms with E-state index in [2.05, 4.69) is 20.9 Å². The van der Waals surface area contributed by atoms with E-state index in [1.807, 2.05) is 60.0 Å². The van der Waals surface area contributed by atoms with Crippen molar-refractivity contribution in [3.63, 3.8) is 0 Å². The molecule has 0 fully saturated rings. The number of hydrogen-bond donors (Lipinski definition) is 2. The van der Waals surface area contributed by atoms with Crippen molar-refractivity contribution < 1.29 is 5.11 Å². The molecule has 2 heterocycles. The highest BCUT2D eigenvalue weighted by atomic mass is 79.9. The number of anilines is 1. The summed E-state index contributed by atoms with van der Waals surface area (Å²) in [7, 11) is 0. The first kappa shape index (κ1) is 16.1. The Labute approximate surface area is 157 Å². The van der Waals surface area contributed by atoms with Gasteiger partial charge >= 0.3 is 0 Å². The van der Waals surface area contributed by atoms with Gasteiger partial charge in [0.25, 0.3) is 0 Å². The Balaban J connectivity index is 1.65. The smallest absolute Gasteiger partial charge is 0.139 e. The fraction of sp³-hybridized carbons (Fsp3) is 0.0526. The summed E-state index contributed by atoms with van der Waals surface area (Å²) in [5, 5.41) is 21.6. The molecule has 3 aromatic rings. The average molecular weight is 412 g/mol. The summed E-state index contributed by atoms with van der Waals surface area (Å²) in [5.74, 6) is 0.454. The first-order chi connectivity index (χ1) is 12.1. The van der Waals surface area contributed by atoms with Crippen molar-refractivity contribution in [3.8, 4) is 11.3 Å². The van der Waals surface area contributed by atoms with Crippen LogP contribution < -0.4 is 4.90 Å². The number of aliphatic hydroxyl groups excluding tert-OH is 1. The number of rotatable bonds is 3. The van der Waals surface area contributed by atoms with E-state index in [0.29, 0.717) is 10.6 Å². The number of hydrogen-bond acceptors (Lipinski definition) is 4. The van der Waals surface area contributed by atoms with Crippen LogP contribution in [-0.2, 0) is 0 Å². The molecular formula is C19H14BrN3OS. The Bertz CT molecular complexity index is 964. The van der Waals surface area contributed by atoms with Crippen molar-refractivity contribution in [1.29, 1.82) is 5.41 Å². The topological polar surface area (TPSA) is 60.2 Å². The molecule has 4 rings (SSSR count). The summed E-state index contributed by atoms with van der Waals surface area (Å²) in [6, 6.07) is 17.6. The molecule has 0 radical (unpaired) electrons. The highest BCUT2D eigenvalue weighted by Crippen LogP contribution is 2.34. The predicted octanol–water partition coefficient (Wildman–Crippen LogP) is 5.34. The van der Waals surface area contributed by atoms with Gasteiger partial charge < -0.3 is 10.0 Å². The van der Waals surface area contributed by atoms with Gasteiger partial charge in [-0.3, -0.25) is 5.41 Å². The highest BCUT2D eigenvalue weighted by Gasteiger charge is 2.31. The highest BCUT2D eigenvalue weighted by molar-refractivity contribution is 9.10. The van der Waals surface area contributed by atoms with Crippen molar-refractivity contribution in [2.45, 2.75) is 0 Å². The van der Waals surface area contributed by atoms with Crippen molar-refractivity contribution in [2.24, 2.45) is 0 Å². The van der Waals surface area contributed by atoms with Crippen LogP contribution in [0.25, 0.3) is 16.8 Å². The molecule has 0 unspecified atom stereocenters. The normalized spacial score (nSPS) is 14.4. The van der Waals surface area contributed by atoms with Gasteiger partial charge in [-0.15, -0.1) is 11.3 Å². The summed E-state index contributed by atoms with van der Waals surface area (Å²) in [6.45, 7) is 0.288. The quantitative estimate of drug-likeness (QED) is 0.611. The molecule has 6 heteroatoms. The Kier molecular flexibility index (Phi) is 4.15. The van der Waals surface area contributed by atoms with Crippen LogP contribution in [0.5, 0.6) is 0 Å². The molecule has 4 nitrogen and oxygen atoms in total.